The van der Waals surface area contributed by atoms with E-state index in [2.05, 4.69) is 21.2 Å². The lowest BCUT2D eigenvalue weighted by Gasteiger charge is -2.26. The highest BCUT2D eigenvalue weighted by atomic mass is 79.9. The number of hydrogen-bond acceptors (Lipinski definition) is 2. The van der Waals surface area contributed by atoms with Crippen LogP contribution in [0.15, 0.2) is 28.7 Å². The molecule has 1 aromatic rings. The molecule has 0 atom stereocenters. The van der Waals surface area contributed by atoms with Crippen LogP contribution in [0.3, 0.4) is 0 Å². The molecule has 108 valence electrons. The van der Waals surface area contributed by atoms with Crippen LogP contribution >= 0.6 is 15.9 Å². The summed E-state index contributed by atoms with van der Waals surface area (Å²) in [5.74, 6) is -1.38. The highest BCUT2D eigenvalue weighted by molar-refractivity contribution is 9.10. The Labute approximate surface area is 126 Å². The Bertz CT molecular complexity index is 533. The van der Waals surface area contributed by atoms with E-state index < -0.39 is 11.4 Å². The molecule has 2 N–H and O–H groups in total. The maximum Gasteiger partial charge on any atom is 0.319 e. The fourth-order valence-corrected chi connectivity index (χ4v) is 2.40. The maximum absolute atomic E-state index is 12.0. The van der Waals surface area contributed by atoms with E-state index in [0.29, 0.717) is 19.4 Å². The van der Waals surface area contributed by atoms with Gasteiger partial charge in [0.1, 0.15) is 5.41 Å². The van der Waals surface area contributed by atoms with Gasteiger partial charge in [-0.2, -0.15) is 0 Å². The minimum Gasteiger partial charge on any atom is -0.480 e. The zero-order chi connectivity index (χ0) is 15.0. The normalized spacial score (nSPS) is 16.6. The van der Waals surface area contributed by atoms with Gasteiger partial charge in [0.2, 0.25) is 5.91 Å². The van der Waals surface area contributed by atoms with Gasteiger partial charge in [-0.3, -0.25) is 9.59 Å². The Morgan fingerprint density at radius 3 is 2.30 bits per heavy atom. The predicted octanol–water partition coefficient (Wildman–Crippen LogP) is 2.71. The molecule has 1 aliphatic rings. The number of hydrogen-bond donors (Lipinski definition) is 2. The third-order valence-electron chi connectivity index (χ3n) is 3.91. The van der Waals surface area contributed by atoms with E-state index in [1.54, 1.807) is 0 Å². The van der Waals surface area contributed by atoms with Gasteiger partial charge in [-0.05, 0) is 30.5 Å². The Kier molecular flexibility index (Phi) is 3.91. The molecule has 0 spiro atoms. The van der Waals surface area contributed by atoms with Crippen LogP contribution in [0, 0.1) is 5.41 Å². The van der Waals surface area contributed by atoms with Gasteiger partial charge in [0.15, 0.2) is 0 Å². The SMILES string of the molecule is CC(C)(CNC(=O)C1(C(=O)O)CC1)c1ccc(Br)cc1. The molecule has 0 radical (unpaired) electrons. The first-order valence-corrected chi connectivity index (χ1v) is 7.35. The number of nitrogens with one attached hydrogen (secondary N) is 1. The Balaban J connectivity index is 2.01. The van der Waals surface area contributed by atoms with Crippen LogP contribution in [0.25, 0.3) is 0 Å². The zero-order valence-corrected chi connectivity index (χ0v) is 13.2. The molecule has 0 aromatic heterocycles. The summed E-state index contributed by atoms with van der Waals surface area (Å²) < 4.78 is 1.00. The quantitative estimate of drug-likeness (QED) is 0.810. The van der Waals surface area contributed by atoms with Crippen LogP contribution in [0.5, 0.6) is 0 Å². The van der Waals surface area contributed by atoms with E-state index in [0.717, 1.165) is 10.0 Å². The Morgan fingerprint density at radius 2 is 1.85 bits per heavy atom. The molecule has 4 nitrogen and oxygen atoms in total. The summed E-state index contributed by atoms with van der Waals surface area (Å²) in [7, 11) is 0. The number of amides is 1. The molecule has 1 aliphatic carbocycles. The van der Waals surface area contributed by atoms with Crippen molar-refractivity contribution in [2.75, 3.05) is 6.54 Å². The third-order valence-corrected chi connectivity index (χ3v) is 4.44. The van der Waals surface area contributed by atoms with E-state index in [1.807, 2.05) is 38.1 Å². The van der Waals surface area contributed by atoms with Crippen molar-refractivity contribution >= 4 is 27.8 Å². The average Bonchev–Trinajstić information content (AvgIpc) is 3.18. The summed E-state index contributed by atoms with van der Waals surface area (Å²) in [6.07, 6.45) is 0.875. The topological polar surface area (TPSA) is 66.4 Å². The molecule has 0 bridgehead atoms. The lowest BCUT2D eigenvalue weighted by molar-refractivity contribution is -0.149. The number of benzene rings is 1. The predicted molar refractivity (Wildman–Crippen MR) is 79.5 cm³/mol. The highest BCUT2D eigenvalue weighted by Gasteiger charge is 2.57. The number of halogens is 1. The van der Waals surface area contributed by atoms with Gasteiger partial charge in [-0.1, -0.05) is 41.9 Å². The summed E-state index contributed by atoms with van der Waals surface area (Å²) in [5, 5.41) is 11.9. The summed E-state index contributed by atoms with van der Waals surface area (Å²) in [6.45, 7) is 4.47. The molecule has 20 heavy (non-hydrogen) atoms. The van der Waals surface area contributed by atoms with Gasteiger partial charge in [-0.15, -0.1) is 0 Å². The van der Waals surface area contributed by atoms with Crippen LogP contribution in [-0.2, 0) is 15.0 Å². The van der Waals surface area contributed by atoms with Crippen LogP contribution in [-0.4, -0.2) is 23.5 Å². The number of aliphatic carboxylic acids is 1. The van der Waals surface area contributed by atoms with Crippen molar-refractivity contribution in [2.45, 2.75) is 32.1 Å². The van der Waals surface area contributed by atoms with Crippen molar-refractivity contribution in [1.82, 2.24) is 5.32 Å². The van der Waals surface area contributed by atoms with Gasteiger partial charge < -0.3 is 10.4 Å². The van der Waals surface area contributed by atoms with Gasteiger partial charge in [-0.25, -0.2) is 0 Å². The van der Waals surface area contributed by atoms with Gasteiger partial charge in [0.25, 0.3) is 0 Å². The van der Waals surface area contributed by atoms with Crippen molar-refractivity contribution in [2.24, 2.45) is 5.41 Å². The minimum atomic E-state index is -1.17. The van der Waals surface area contributed by atoms with Crippen LogP contribution < -0.4 is 5.32 Å². The molecule has 5 heteroatoms. The molecule has 0 unspecified atom stereocenters. The van der Waals surface area contributed by atoms with E-state index >= 15 is 0 Å². The second-order valence-corrected chi connectivity index (χ2v) is 6.88. The number of carboxylic acid groups (broad SMARTS) is 1. The van der Waals surface area contributed by atoms with Crippen molar-refractivity contribution in [3.05, 3.63) is 34.3 Å². The summed E-state index contributed by atoms with van der Waals surface area (Å²) >= 11 is 3.39. The molecule has 0 heterocycles. The monoisotopic (exact) mass is 339 g/mol. The van der Waals surface area contributed by atoms with Crippen LogP contribution in [0.2, 0.25) is 0 Å². The number of carboxylic acids is 1. The lowest BCUT2D eigenvalue weighted by atomic mass is 9.84. The zero-order valence-electron chi connectivity index (χ0n) is 11.6. The average molecular weight is 340 g/mol. The second kappa shape index (κ2) is 5.20. The summed E-state index contributed by atoms with van der Waals surface area (Å²) in [4.78, 5) is 23.1. The summed E-state index contributed by atoms with van der Waals surface area (Å²) in [5.41, 5.74) is -0.318. The first kappa shape index (κ1) is 15.0. The smallest absolute Gasteiger partial charge is 0.319 e. The largest absolute Gasteiger partial charge is 0.480 e. The van der Waals surface area contributed by atoms with Gasteiger partial charge in [0.05, 0.1) is 0 Å². The van der Waals surface area contributed by atoms with Crippen molar-refractivity contribution in [1.29, 1.82) is 0 Å². The summed E-state index contributed by atoms with van der Waals surface area (Å²) in [6, 6.07) is 7.91. The molecule has 0 saturated heterocycles. The van der Waals surface area contributed by atoms with E-state index in [-0.39, 0.29) is 11.3 Å². The minimum absolute atomic E-state index is 0.245. The van der Waals surface area contributed by atoms with E-state index in [9.17, 15) is 9.59 Å². The van der Waals surface area contributed by atoms with Gasteiger partial charge in [0, 0.05) is 16.4 Å². The lowest BCUT2D eigenvalue weighted by Crippen LogP contribution is -2.42. The first-order valence-electron chi connectivity index (χ1n) is 6.56. The molecule has 1 saturated carbocycles. The van der Waals surface area contributed by atoms with Gasteiger partial charge >= 0.3 is 5.97 Å². The van der Waals surface area contributed by atoms with E-state index in [1.165, 1.54) is 0 Å². The fourth-order valence-electron chi connectivity index (χ4n) is 2.14. The molecular formula is C15H18BrNO3. The molecular weight excluding hydrogens is 322 g/mol. The molecule has 0 aliphatic heterocycles. The van der Waals surface area contributed by atoms with Crippen LogP contribution in [0.1, 0.15) is 32.3 Å². The second-order valence-electron chi connectivity index (χ2n) is 5.96. The van der Waals surface area contributed by atoms with Crippen molar-refractivity contribution in [3.8, 4) is 0 Å². The Hall–Kier alpha value is -1.36. The molecule has 2 rings (SSSR count). The van der Waals surface area contributed by atoms with Crippen molar-refractivity contribution < 1.29 is 14.7 Å². The molecule has 1 fully saturated rings. The number of carbonyl (C=O) groups is 2. The highest BCUT2D eigenvalue weighted by Crippen LogP contribution is 2.46. The first-order chi connectivity index (χ1) is 9.28. The number of rotatable bonds is 5. The van der Waals surface area contributed by atoms with Crippen LogP contribution in [0.4, 0.5) is 0 Å². The maximum atomic E-state index is 12.0. The fraction of sp³-hybridized carbons (Fsp3) is 0.467. The third kappa shape index (κ3) is 2.87. The Morgan fingerprint density at radius 1 is 1.30 bits per heavy atom. The van der Waals surface area contributed by atoms with E-state index in [4.69, 9.17) is 5.11 Å². The standard InChI is InChI=1S/C15H18BrNO3/c1-14(2,10-3-5-11(16)6-4-10)9-17-12(18)15(7-8-15)13(19)20/h3-6H,7-9H2,1-2H3,(H,17,18)(H,19,20). The number of carbonyl (C=O) groups excluding carboxylic acids is 1. The van der Waals surface area contributed by atoms with Crippen molar-refractivity contribution in [3.63, 3.8) is 0 Å². The molecule has 1 amide bonds. The molecule has 1 aromatic carbocycles.